The lowest BCUT2D eigenvalue weighted by molar-refractivity contribution is -0.123. The molecule has 0 aromatic carbocycles. The summed E-state index contributed by atoms with van der Waals surface area (Å²) in [6, 6.07) is -0.0197. The molecular weight excluding hydrogens is 263 g/mol. The van der Waals surface area contributed by atoms with Crippen LogP contribution in [0, 0.1) is 0 Å². The van der Waals surface area contributed by atoms with Gasteiger partial charge in [-0.1, -0.05) is 6.42 Å². The minimum absolute atomic E-state index is 0. The van der Waals surface area contributed by atoms with Crippen LogP contribution in [0.15, 0.2) is 12.4 Å². The highest BCUT2D eigenvalue weighted by Gasteiger charge is 2.19. The summed E-state index contributed by atoms with van der Waals surface area (Å²) in [7, 11) is 0. The standard InChI is InChI=1S/C10H16N4O.2ClH/c15-10(8-3-1-2-4-11-8)14-7-9-12-5-6-13-9;;/h5-6,8,11H,1-4,7H2,(H,12,13)(H,14,15);2*1H/t8-;;/m1../s1. The average Bonchev–Trinajstić information content (AvgIpc) is 2.80. The average molecular weight is 281 g/mol. The highest BCUT2D eigenvalue weighted by atomic mass is 35.5. The third-order valence-corrected chi connectivity index (χ3v) is 2.61. The monoisotopic (exact) mass is 280 g/mol. The SMILES string of the molecule is Cl.Cl.O=C(NCc1ncc[nH]1)[C@H]1CCCCN1. The summed E-state index contributed by atoms with van der Waals surface area (Å²) in [5, 5.41) is 6.07. The largest absolute Gasteiger partial charge is 0.348 e. The fourth-order valence-corrected chi connectivity index (χ4v) is 1.76. The van der Waals surface area contributed by atoms with Crippen molar-refractivity contribution in [2.45, 2.75) is 31.8 Å². The number of nitrogens with one attached hydrogen (secondary N) is 3. The molecule has 1 fully saturated rings. The summed E-state index contributed by atoms with van der Waals surface area (Å²) in [5.41, 5.74) is 0. The smallest absolute Gasteiger partial charge is 0.237 e. The molecule has 1 amide bonds. The quantitative estimate of drug-likeness (QED) is 0.774. The van der Waals surface area contributed by atoms with Crippen molar-refractivity contribution in [3.63, 3.8) is 0 Å². The first-order valence-corrected chi connectivity index (χ1v) is 5.35. The number of carbonyl (C=O) groups is 1. The Hall–Kier alpha value is -0.780. The van der Waals surface area contributed by atoms with Gasteiger partial charge in [-0.2, -0.15) is 0 Å². The van der Waals surface area contributed by atoms with E-state index in [1.165, 1.54) is 6.42 Å². The highest BCUT2D eigenvalue weighted by Crippen LogP contribution is 2.06. The van der Waals surface area contributed by atoms with Gasteiger partial charge in [0.15, 0.2) is 0 Å². The Morgan fingerprint density at radius 2 is 2.29 bits per heavy atom. The van der Waals surface area contributed by atoms with E-state index in [9.17, 15) is 4.79 Å². The maximum atomic E-state index is 11.7. The zero-order valence-corrected chi connectivity index (χ0v) is 11.1. The van der Waals surface area contributed by atoms with E-state index in [-0.39, 0.29) is 36.8 Å². The first-order valence-electron chi connectivity index (χ1n) is 5.35. The van der Waals surface area contributed by atoms with Gasteiger partial charge in [0, 0.05) is 12.4 Å². The molecule has 0 saturated carbocycles. The number of H-pyrrole nitrogens is 1. The molecule has 3 N–H and O–H groups in total. The van der Waals surface area contributed by atoms with Gasteiger partial charge in [0.1, 0.15) is 5.82 Å². The van der Waals surface area contributed by atoms with E-state index in [2.05, 4.69) is 20.6 Å². The fourth-order valence-electron chi connectivity index (χ4n) is 1.76. The summed E-state index contributed by atoms with van der Waals surface area (Å²) >= 11 is 0. The van der Waals surface area contributed by atoms with E-state index in [1.54, 1.807) is 12.4 Å². The lowest BCUT2D eigenvalue weighted by Crippen LogP contribution is -2.46. The van der Waals surface area contributed by atoms with Crippen LogP contribution < -0.4 is 10.6 Å². The Balaban J connectivity index is 0.00000128. The summed E-state index contributed by atoms with van der Waals surface area (Å²) in [4.78, 5) is 18.7. The number of hydrogen-bond acceptors (Lipinski definition) is 3. The zero-order valence-electron chi connectivity index (χ0n) is 9.44. The van der Waals surface area contributed by atoms with Crippen LogP contribution in [-0.4, -0.2) is 28.5 Å². The Morgan fingerprint density at radius 1 is 1.47 bits per heavy atom. The van der Waals surface area contributed by atoms with Crippen LogP contribution in [0.4, 0.5) is 0 Å². The van der Waals surface area contributed by atoms with Gasteiger partial charge in [-0.25, -0.2) is 4.98 Å². The number of halogens is 2. The molecular formula is C10H18Cl2N4O. The number of piperidine rings is 1. The molecule has 0 aliphatic carbocycles. The molecule has 17 heavy (non-hydrogen) atoms. The number of amides is 1. The van der Waals surface area contributed by atoms with E-state index in [4.69, 9.17) is 0 Å². The lowest BCUT2D eigenvalue weighted by atomic mass is 10.0. The molecule has 2 rings (SSSR count). The molecule has 98 valence electrons. The minimum Gasteiger partial charge on any atom is -0.348 e. The molecule has 5 nitrogen and oxygen atoms in total. The molecule has 0 unspecified atom stereocenters. The summed E-state index contributed by atoms with van der Waals surface area (Å²) in [5.74, 6) is 0.866. The molecule has 1 aromatic heterocycles. The third-order valence-electron chi connectivity index (χ3n) is 2.61. The molecule has 0 radical (unpaired) electrons. The second-order valence-corrected chi connectivity index (χ2v) is 3.76. The third kappa shape index (κ3) is 4.93. The molecule has 0 bridgehead atoms. The number of aromatic nitrogens is 2. The van der Waals surface area contributed by atoms with Gasteiger partial charge in [0.25, 0.3) is 0 Å². The van der Waals surface area contributed by atoms with Gasteiger partial charge in [-0.15, -0.1) is 24.8 Å². The molecule has 1 aliphatic rings. The molecule has 1 saturated heterocycles. The van der Waals surface area contributed by atoms with Crippen LogP contribution in [0.1, 0.15) is 25.1 Å². The first kappa shape index (κ1) is 16.2. The lowest BCUT2D eigenvalue weighted by Gasteiger charge is -2.22. The number of hydrogen-bond donors (Lipinski definition) is 3. The Labute approximate surface area is 113 Å². The van der Waals surface area contributed by atoms with Gasteiger partial charge in [-0.05, 0) is 19.4 Å². The van der Waals surface area contributed by atoms with Gasteiger partial charge in [0.2, 0.25) is 5.91 Å². The Morgan fingerprint density at radius 3 is 2.88 bits per heavy atom. The van der Waals surface area contributed by atoms with E-state index in [0.29, 0.717) is 6.54 Å². The van der Waals surface area contributed by atoms with E-state index in [1.807, 2.05) is 0 Å². The van der Waals surface area contributed by atoms with Crippen LogP contribution in [0.2, 0.25) is 0 Å². The van der Waals surface area contributed by atoms with Crippen LogP contribution in [0.5, 0.6) is 0 Å². The van der Waals surface area contributed by atoms with Crippen LogP contribution in [0.25, 0.3) is 0 Å². The highest BCUT2D eigenvalue weighted by molar-refractivity contribution is 5.85. The van der Waals surface area contributed by atoms with Crippen molar-refractivity contribution in [3.05, 3.63) is 18.2 Å². The number of rotatable bonds is 3. The van der Waals surface area contributed by atoms with Gasteiger partial charge < -0.3 is 15.6 Å². The topological polar surface area (TPSA) is 69.8 Å². The fraction of sp³-hybridized carbons (Fsp3) is 0.600. The van der Waals surface area contributed by atoms with Crippen LogP contribution >= 0.6 is 24.8 Å². The molecule has 1 aliphatic heterocycles. The number of nitrogens with zero attached hydrogens (tertiary/aromatic N) is 1. The molecule has 2 heterocycles. The summed E-state index contributed by atoms with van der Waals surface area (Å²) < 4.78 is 0. The van der Waals surface area contributed by atoms with Crippen molar-refractivity contribution in [1.29, 1.82) is 0 Å². The van der Waals surface area contributed by atoms with Crippen molar-refractivity contribution < 1.29 is 4.79 Å². The van der Waals surface area contributed by atoms with Crippen molar-refractivity contribution in [3.8, 4) is 0 Å². The second-order valence-electron chi connectivity index (χ2n) is 3.76. The minimum atomic E-state index is -0.0197. The summed E-state index contributed by atoms with van der Waals surface area (Å²) in [6.45, 7) is 1.42. The predicted octanol–water partition coefficient (Wildman–Crippen LogP) is 1.01. The second kappa shape index (κ2) is 8.33. The van der Waals surface area contributed by atoms with E-state index >= 15 is 0 Å². The normalized spacial score (nSPS) is 18.7. The van der Waals surface area contributed by atoms with Gasteiger partial charge in [-0.3, -0.25) is 4.79 Å². The van der Waals surface area contributed by atoms with Gasteiger partial charge >= 0.3 is 0 Å². The first-order chi connectivity index (χ1) is 7.36. The molecule has 0 spiro atoms. The summed E-state index contributed by atoms with van der Waals surface area (Å²) in [6.07, 6.45) is 6.67. The van der Waals surface area contributed by atoms with E-state index < -0.39 is 0 Å². The maximum Gasteiger partial charge on any atom is 0.237 e. The number of carbonyl (C=O) groups excluding carboxylic acids is 1. The van der Waals surface area contributed by atoms with Crippen molar-refractivity contribution in [1.82, 2.24) is 20.6 Å². The Bertz CT molecular complexity index is 312. The zero-order chi connectivity index (χ0) is 10.5. The van der Waals surface area contributed by atoms with Crippen molar-refractivity contribution in [2.24, 2.45) is 0 Å². The van der Waals surface area contributed by atoms with Crippen molar-refractivity contribution >= 4 is 30.7 Å². The van der Waals surface area contributed by atoms with Crippen LogP contribution in [0.3, 0.4) is 0 Å². The molecule has 1 aromatic rings. The molecule has 1 atom stereocenters. The van der Waals surface area contributed by atoms with E-state index in [0.717, 1.165) is 25.2 Å². The predicted molar refractivity (Wildman–Crippen MR) is 70.6 cm³/mol. The number of aromatic amines is 1. The Kier molecular flexibility index (Phi) is 7.95. The maximum absolute atomic E-state index is 11.7. The van der Waals surface area contributed by atoms with Gasteiger partial charge in [0.05, 0.1) is 12.6 Å². The van der Waals surface area contributed by atoms with Crippen molar-refractivity contribution in [2.75, 3.05) is 6.54 Å². The molecule has 7 heteroatoms. The number of imidazole rings is 1. The van der Waals surface area contributed by atoms with Crippen LogP contribution in [-0.2, 0) is 11.3 Å².